The molecule has 2 aliphatic rings. The Kier molecular flexibility index (Phi) is 6.17. The number of likely N-dealkylation sites (tertiary alicyclic amines) is 1. The lowest BCUT2D eigenvalue weighted by Gasteiger charge is -2.27. The third-order valence-electron chi connectivity index (χ3n) is 6.28. The number of carbonyl (C=O) groups is 3. The van der Waals surface area contributed by atoms with E-state index in [1.54, 1.807) is 24.3 Å². The van der Waals surface area contributed by atoms with Gasteiger partial charge in [-0.05, 0) is 46.7 Å². The summed E-state index contributed by atoms with van der Waals surface area (Å²) in [6.45, 7) is 0.420. The minimum atomic E-state index is -0.885. The van der Waals surface area contributed by atoms with Crippen molar-refractivity contribution in [3.8, 4) is 16.9 Å². The quantitative estimate of drug-likeness (QED) is 0.570. The van der Waals surface area contributed by atoms with Crippen molar-refractivity contribution in [2.45, 2.75) is 31.0 Å². The van der Waals surface area contributed by atoms with Crippen LogP contribution < -0.4 is 5.32 Å². The smallest absolute Gasteiger partial charge is 0.262 e. The molecule has 5 rings (SSSR count). The SMILES string of the molecule is O=C(NC(Cc1cccc(O)c1)C(=O)N1CCC2OCC(=O)C21)c1cc(-c2ccccc2)cs1. The summed E-state index contributed by atoms with van der Waals surface area (Å²) in [6, 6.07) is 16.7. The number of phenolic OH excluding ortho intramolecular Hbond substituents is 1. The molecule has 3 unspecified atom stereocenters. The van der Waals surface area contributed by atoms with Crippen LogP contribution in [-0.4, -0.2) is 58.9 Å². The van der Waals surface area contributed by atoms with Gasteiger partial charge in [0, 0.05) is 13.0 Å². The van der Waals surface area contributed by atoms with E-state index in [0.29, 0.717) is 23.4 Å². The summed E-state index contributed by atoms with van der Waals surface area (Å²) in [6.07, 6.45) is 0.512. The molecule has 2 saturated heterocycles. The van der Waals surface area contributed by atoms with Gasteiger partial charge in [0.25, 0.3) is 5.91 Å². The largest absolute Gasteiger partial charge is 0.508 e. The van der Waals surface area contributed by atoms with Gasteiger partial charge in [-0.2, -0.15) is 0 Å². The molecule has 1 aromatic heterocycles. The molecule has 2 amide bonds. The number of benzene rings is 2. The average Bonchev–Trinajstić information content (AvgIpc) is 3.57. The minimum Gasteiger partial charge on any atom is -0.508 e. The van der Waals surface area contributed by atoms with Gasteiger partial charge in [0.2, 0.25) is 5.91 Å². The molecule has 2 N–H and O–H groups in total. The molecule has 3 aromatic rings. The molecule has 8 heteroatoms. The van der Waals surface area contributed by atoms with Crippen LogP contribution in [0.25, 0.3) is 11.1 Å². The van der Waals surface area contributed by atoms with Crippen molar-refractivity contribution in [1.29, 1.82) is 0 Å². The number of hydrogen-bond donors (Lipinski definition) is 2. The molecule has 0 aliphatic carbocycles. The predicted molar refractivity (Wildman–Crippen MR) is 128 cm³/mol. The summed E-state index contributed by atoms with van der Waals surface area (Å²) in [4.78, 5) is 41.1. The number of nitrogens with zero attached hydrogens (tertiary/aromatic N) is 1. The summed E-state index contributed by atoms with van der Waals surface area (Å²) in [5, 5.41) is 14.7. The van der Waals surface area contributed by atoms with Gasteiger partial charge in [-0.15, -0.1) is 11.3 Å². The maximum Gasteiger partial charge on any atom is 0.262 e. The summed E-state index contributed by atoms with van der Waals surface area (Å²) < 4.78 is 5.52. The van der Waals surface area contributed by atoms with Crippen LogP contribution in [0.5, 0.6) is 5.75 Å². The Bertz CT molecular complexity index is 1220. The van der Waals surface area contributed by atoms with Gasteiger partial charge in [-0.25, -0.2) is 0 Å². The third kappa shape index (κ3) is 4.47. The number of ketones is 1. The minimum absolute atomic E-state index is 0.0140. The first-order valence-electron chi connectivity index (χ1n) is 11.2. The molecule has 2 fully saturated rings. The van der Waals surface area contributed by atoms with Crippen LogP contribution in [-0.2, 0) is 20.7 Å². The van der Waals surface area contributed by atoms with E-state index in [1.165, 1.54) is 16.2 Å². The van der Waals surface area contributed by atoms with Gasteiger partial charge in [-0.3, -0.25) is 14.4 Å². The van der Waals surface area contributed by atoms with Crippen molar-refractivity contribution in [2.75, 3.05) is 13.2 Å². The lowest BCUT2D eigenvalue weighted by molar-refractivity contribution is -0.138. The molecule has 3 atom stereocenters. The predicted octanol–water partition coefficient (Wildman–Crippen LogP) is 3.03. The molecule has 0 saturated carbocycles. The van der Waals surface area contributed by atoms with E-state index in [0.717, 1.165) is 11.1 Å². The van der Waals surface area contributed by atoms with Crippen molar-refractivity contribution in [3.05, 3.63) is 76.5 Å². The Labute approximate surface area is 201 Å². The van der Waals surface area contributed by atoms with Gasteiger partial charge in [0.15, 0.2) is 5.78 Å². The maximum atomic E-state index is 13.6. The van der Waals surface area contributed by atoms with Crippen LogP contribution in [0.2, 0.25) is 0 Å². The fourth-order valence-corrected chi connectivity index (χ4v) is 5.45. The molecule has 2 aliphatic heterocycles. The third-order valence-corrected chi connectivity index (χ3v) is 7.21. The van der Waals surface area contributed by atoms with Crippen molar-refractivity contribution in [2.24, 2.45) is 0 Å². The monoisotopic (exact) mass is 476 g/mol. The van der Waals surface area contributed by atoms with Crippen molar-refractivity contribution in [1.82, 2.24) is 10.2 Å². The molecule has 2 aromatic carbocycles. The van der Waals surface area contributed by atoms with Gasteiger partial charge in [0.1, 0.15) is 24.4 Å². The molecular weight excluding hydrogens is 452 g/mol. The van der Waals surface area contributed by atoms with Crippen LogP contribution >= 0.6 is 11.3 Å². The number of nitrogens with one attached hydrogen (secondary N) is 1. The fourth-order valence-electron chi connectivity index (χ4n) is 4.63. The first-order chi connectivity index (χ1) is 16.5. The Morgan fingerprint density at radius 3 is 2.74 bits per heavy atom. The number of thiophene rings is 1. The van der Waals surface area contributed by atoms with E-state index in [9.17, 15) is 19.5 Å². The lowest BCUT2D eigenvalue weighted by atomic mass is 10.0. The molecule has 0 bridgehead atoms. The number of aromatic hydroxyl groups is 1. The zero-order chi connectivity index (χ0) is 23.7. The number of rotatable bonds is 6. The number of amides is 2. The molecule has 34 heavy (non-hydrogen) atoms. The molecule has 3 heterocycles. The van der Waals surface area contributed by atoms with Gasteiger partial charge >= 0.3 is 0 Å². The highest BCUT2D eigenvalue weighted by Gasteiger charge is 2.48. The second-order valence-electron chi connectivity index (χ2n) is 8.55. The average molecular weight is 477 g/mol. The summed E-state index contributed by atoms with van der Waals surface area (Å²) in [5.74, 6) is -0.691. The van der Waals surface area contributed by atoms with Crippen LogP contribution in [0, 0.1) is 0 Å². The van der Waals surface area contributed by atoms with Crippen molar-refractivity contribution < 1.29 is 24.2 Å². The highest BCUT2D eigenvalue weighted by atomic mass is 32.1. The number of ether oxygens (including phenoxy) is 1. The van der Waals surface area contributed by atoms with E-state index in [4.69, 9.17) is 4.74 Å². The molecule has 7 nitrogen and oxygen atoms in total. The topological polar surface area (TPSA) is 95.9 Å². The van der Waals surface area contributed by atoms with E-state index < -0.39 is 12.1 Å². The van der Waals surface area contributed by atoms with E-state index in [-0.39, 0.29) is 42.5 Å². The lowest BCUT2D eigenvalue weighted by Crippen LogP contribution is -2.53. The van der Waals surface area contributed by atoms with Crippen molar-refractivity contribution in [3.63, 3.8) is 0 Å². The molecule has 0 spiro atoms. The zero-order valence-corrected chi connectivity index (χ0v) is 19.2. The summed E-state index contributed by atoms with van der Waals surface area (Å²) in [5.41, 5.74) is 2.65. The molecule has 0 radical (unpaired) electrons. The van der Waals surface area contributed by atoms with Crippen LogP contribution in [0.1, 0.15) is 21.7 Å². The highest BCUT2D eigenvalue weighted by Crippen LogP contribution is 2.29. The molecule has 174 valence electrons. The van der Waals surface area contributed by atoms with Gasteiger partial charge in [0.05, 0.1) is 11.0 Å². The number of phenols is 1. The van der Waals surface area contributed by atoms with Gasteiger partial charge in [-0.1, -0.05) is 42.5 Å². The first kappa shape index (κ1) is 22.3. The number of hydrogen-bond acceptors (Lipinski definition) is 6. The Balaban J connectivity index is 1.38. The zero-order valence-electron chi connectivity index (χ0n) is 18.3. The van der Waals surface area contributed by atoms with Crippen LogP contribution in [0.3, 0.4) is 0 Å². The standard InChI is InChI=1S/C26H24N2O5S/c29-19-8-4-5-16(11-19)12-20(26(32)28-10-9-22-24(28)21(30)14-33-22)27-25(31)23-13-18(15-34-23)17-6-2-1-3-7-17/h1-8,11,13,15,20,22,24,29H,9-10,12,14H2,(H,27,31). The van der Waals surface area contributed by atoms with Crippen LogP contribution in [0.4, 0.5) is 0 Å². The van der Waals surface area contributed by atoms with E-state index in [2.05, 4.69) is 5.32 Å². The summed E-state index contributed by atoms with van der Waals surface area (Å²) >= 11 is 1.31. The van der Waals surface area contributed by atoms with Gasteiger partial charge < -0.3 is 20.1 Å². The van der Waals surface area contributed by atoms with Crippen molar-refractivity contribution >= 4 is 28.9 Å². The Morgan fingerprint density at radius 1 is 1.12 bits per heavy atom. The highest BCUT2D eigenvalue weighted by molar-refractivity contribution is 7.12. The molecular formula is C26H24N2O5S. The van der Waals surface area contributed by atoms with Crippen LogP contribution in [0.15, 0.2) is 66.0 Å². The summed E-state index contributed by atoms with van der Waals surface area (Å²) in [7, 11) is 0. The van der Waals surface area contributed by atoms with E-state index in [1.807, 2.05) is 41.8 Å². The Hall–Kier alpha value is -3.49. The first-order valence-corrected chi connectivity index (χ1v) is 12.0. The number of fused-ring (bicyclic) bond motifs is 1. The normalized spacial score (nSPS) is 20.2. The fraction of sp³-hybridized carbons (Fsp3) is 0.269. The number of carbonyl (C=O) groups excluding carboxylic acids is 3. The number of Topliss-reactive ketones (excluding diaryl/α,β-unsaturated/α-hetero) is 1. The maximum absolute atomic E-state index is 13.6. The van der Waals surface area contributed by atoms with E-state index >= 15 is 0 Å². The Morgan fingerprint density at radius 2 is 1.94 bits per heavy atom. The second kappa shape index (κ2) is 9.40. The second-order valence-corrected chi connectivity index (χ2v) is 9.46.